The Morgan fingerprint density at radius 2 is 0.867 bits per heavy atom. The van der Waals surface area contributed by atoms with Gasteiger partial charge in [-0.2, -0.15) is 0 Å². The van der Waals surface area contributed by atoms with E-state index < -0.39 is 48.4 Å². The molecule has 0 bridgehead atoms. The summed E-state index contributed by atoms with van der Waals surface area (Å²) in [5, 5.41) is 18.1. The molecule has 2 heterocycles. The smallest absolute Gasteiger partial charge is 0.305 e. The molecule has 0 atom stereocenters. The molecule has 30 heavy (non-hydrogen) atoms. The molecule has 2 aromatic carbocycles. The molecule has 152 valence electrons. The van der Waals surface area contributed by atoms with Gasteiger partial charge in [-0.15, -0.1) is 0 Å². The molecule has 2 N–H and O–H groups in total. The molecule has 2 aromatic rings. The summed E-state index contributed by atoms with van der Waals surface area (Å²) in [5.74, 6) is -5.14. The summed E-state index contributed by atoms with van der Waals surface area (Å²) in [6.45, 7) is -0.615. The van der Waals surface area contributed by atoms with Gasteiger partial charge in [0.25, 0.3) is 23.6 Å². The molecule has 0 fully saturated rings. The number of aliphatic carboxylic acids is 2. The minimum absolute atomic E-state index is 0.0928. The Kier molecular flexibility index (Phi) is 4.34. The molecule has 0 saturated carbocycles. The van der Waals surface area contributed by atoms with Crippen molar-refractivity contribution in [2.75, 3.05) is 13.1 Å². The molecule has 2 aliphatic heterocycles. The number of carbonyl (C=O) groups excluding carboxylic acids is 4. The summed E-state index contributed by atoms with van der Waals surface area (Å²) < 4.78 is 0. The quantitative estimate of drug-likeness (QED) is 0.669. The summed E-state index contributed by atoms with van der Waals surface area (Å²) >= 11 is 0. The maximum Gasteiger partial charge on any atom is 0.305 e. The number of hydrogen-bond donors (Lipinski definition) is 2. The van der Waals surface area contributed by atoms with E-state index in [4.69, 9.17) is 10.2 Å². The number of carboxylic acid groups (broad SMARTS) is 2. The van der Waals surface area contributed by atoms with Gasteiger partial charge in [0, 0.05) is 46.1 Å². The average molecular weight is 410 g/mol. The minimum atomic E-state index is -1.16. The van der Waals surface area contributed by atoms with Crippen LogP contribution in [0.1, 0.15) is 54.3 Å². The van der Waals surface area contributed by atoms with Gasteiger partial charge in [0.1, 0.15) is 0 Å². The number of imide groups is 2. The van der Waals surface area contributed by atoms with E-state index in [1.165, 1.54) is 24.3 Å². The van der Waals surface area contributed by atoms with Crippen LogP contribution < -0.4 is 0 Å². The van der Waals surface area contributed by atoms with Crippen LogP contribution >= 0.6 is 0 Å². The monoisotopic (exact) mass is 410 g/mol. The number of carbonyl (C=O) groups is 6. The molecule has 0 aliphatic carbocycles. The molecule has 10 nitrogen and oxygen atoms in total. The fourth-order valence-corrected chi connectivity index (χ4v) is 3.80. The fourth-order valence-electron chi connectivity index (χ4n) is 3.80. The summed E-state index contributed by atoms with van der Waals surface area (Å²) in [6, 6.07) is 5.43. The van der Waals surface area contributed by atoms with Gasteiger partial charge >= 0.3 is 11.9 Å². The van der Waals surface area contributed by atoms with Crippen LogP contribution in [0, 0.1) is 0 Å². The van der Waals surface area contributed by atoms with E-state index in [1.54, 1.807) is 0 Å². The highest BCUT2D eigenvalue weighted by Crippen LogP contribution is 2.37. The molecule has 4 rings (SSSR count). The van der Waals surface area contributed by atoms with Crippen LogP contribution in [0.5, 0.6) is 0 Å². The van der Waals surface area contributed by atoms with Crippen LogP contribution in [0.4, 0.5) is 0 Å². The first-order valence-electron chi connectivity index (χ1n) is 8.98. The Morgan fingerprint density at radius 1 is 0.600 bits per heavy atom. The van der Waals surface area contributed by atoms with Crippen LogP contribution in [0.15, 0.2) is 24.3 Å². The number of carboxylic acids is 2. The molecule has 0 aromatic heterocycles. The van der Waals surface area contributed by atoms with E-state index in [0.29, 0.717) is 0 Å². The van der Waals surface area contributed by atoms with Gasteiger partial charge < -0.3 is 10.2 Å². The summed E-state index contributed by atoms with van der Waals surface area (Å²) in [5.41, 5.74) is 0.371. The highest BCUT2D eigenvalue weighted by molar-refractivity contribution is 6.33. The van der Waals surface area contributed by atoms with E-state index >= 15 is 0 Å². The lowest BCUT2D eigenvalue weighted by Crippen LogP contribution is -2.44. The number of nitrogens with zero attached hydrogens (tertiary/aromatic N) is 2. The lowest BCUT2D eigenvalue weighted by molar-refractivity contribution is -0.138. The van der Waals surface area contributed by atoms with Gasteiger partial charge in [-0.05, 0) is 24.3 Å². The van der Waals surface area contributed by atoms with Crippen LogP contribution in [0.2, 0.25) is 0 Å². The summed E-state index contributed by atoms with van der Waals surface area (Å²) in [6.07, 6.45) is -0.830. The van der Waals surface area contributed by atoms with Crippen LogP contribution in [0.25, 0.3) is 10.8 Å². The van der Waals surface area contributed by atoms with E-state index in [2.05, 4.69) is 0 Å². The standard InChI is InChI=1S/C20H14N2O8/c23-13(24)5-7-21-17(27)9-1-2-10-16-12(4-3-11(15(9)16)19(21)29)20(30)22(18(10)28)8-6-14(25)26/h1-4H,5-8H2,(H,23,24)(H,25,26). The van der Waals surface area contributed by atoms with Crippen molar-refractivity contribution in [3.63, 3.8) is 0 Å². The number of benzene rings is 2. The average Bonchev–Trinajstić information content (AvgIpc) is 2.69. The Hall–Kier alpha value is -4.08. The first-order chi connectivity index (χ1) is 14.2. The largest absolute Gasteiger partial charge is 0.481 e. The molecule has 2 aliphatic rings. The Morgan fingerprint density at radius 3 is 1.10 bits per heavy atom. The second-order valence-corrected chi connectivity index (χ2v) is 6.88. The van der Waals surface area contributed by atoms with E-state index in [-0.39, 0.29) is 46.1 Å². The second kappa shape index (κ2) is 6.76. The molecule has 4 amide bonds. The lowest BCUT2D eigenvalue weighted by atomic mass is 9.86. The van der Waals surface area contributed by atoms with Crippen LogP contribution in [-0.4, -0.2) is 68.7 Å². The van der Waals surface area contributed by atoms with Crippen molar-refractivity contribution in [1.82, 2.24) is 9.80 Å². The van der Waals surface area contributed by atoms with Gasteiger partial charge in [-0.25, -0.2) is 0 Å². The zero-order valence-electron chi connectivity index (χ0n) is 15.4. The van der Waals surface area contributed by atoms with Crippen LogP contribution in [0.3, 0.4) is 0 Å². The first kappa shape index (κ1) is 19.2. The third-order valence-corrected chi connectivity index (χ3v) is 5.16. The molecular formula is C20H14N2O8. The van der Waals surface area contributed by atoms with Crippen molar-refractivity contribution in [2.24, 2.45) is 0 Å². The zero-order valence-corrected chi connectivity index (χ0v) is 15.4. The van der Waals surface area contributed by atoms with Crippen molar-refractivity contribution in [3.8, 4) is 0 Å². The van der Waals surface area contributed by atoms with Crippen molar-refractivity contribution in [2.45, 2.75) is 12.8 Å². The Bertz CT molecular complexity index is 1040. The van der Waals surface area contributed by atoms with Gasteiger partial charge in [-0.3, -0.25) is 38.6 Å². The Balaban J connectivity index is 1.86. The molecule has 0 saturated heterocycles. The van der Waals surface area contributed by atoms with Crippen molar-refractivity contribution in [3.05, 3.63) is 46.5 Å². The topological polar surface area (TPSA) is 149 Å². The van der Waals surface area contributed by atoms with Gasteiger partial charge in [0.05, 0.1) is 12.8 Å². The predicted molar refractivity (Wildman–Crippen MR) is 99.2 cm³/mol. The lowest BCUT2D eigenvalue weighted by Gasteiger charge is -2.31. The minimum Gasteiger partial charge on any atom is -0.481 e. The summed E-state index contributed by atoms with van der Waals surface area (Å²) in [4.78, 5) is 74.7. The fraction of sp³-hybridized carbons (Fsp3) is 0.200. The molecule has 10 heteroatoms. The SMILES string of the molecule is O=C(O)CCN1C(=O)c2ccc3c4c(ccc(c24)C1=O)C(=O)N(CCC(=O)O)C3=O. The molecular weight excluding hydrogens is 396 g/mol. The highest BCUT2D eigenvalue weighted by Gasteiger charge is 2.39. The normalized spacial score (nSPS) is 15.2. The maximum absolute atomic E-state index is 12.8. The molecule has 0 unspecified atom stereocenters. The van der Waals surface area contributed by atoms with Crippen molar-refractivity contribution >= 4 is 46.3 Å². The first-order valence-corrected chi connectivity index (χ1v) is 8.98. The highest BCUT2D eigenvalue weighted by atomic mass is 16.4. The third kappa shape index (κ3) is 2.72. The number of amides is 4. The van der Waals surface area contributed by atoms with Gasteiger partial charge in [0.2, 0.25) is 0 Å². The van der Waals surface area contributed by atoms with Crippen molar-refractivity contribution in [1.29, 1.82) is 0 Å². The molecule has 0 spiro atoms. The second-order valence-electron chi connectivity index (χ2n) is 6.88. The number of hydrogen-bond acceptors (Lipinski definition) is 6. The third-order valence-electron chi connectivity index (χ3n) is 5.16. The van der Waals surface area contributed by atoms with Crippen LogP contribution in [-0.2, 0) is 9.59 Å². The van der Waals surface area contributed by atoms with E-state index in [0.717, 1.165) is 9.80 Å². The summed E-state index contributed by atoms with van der Waals surface area (Å²) in [7, 11) is 0. The van der Waals surface area contributed by atoms with E-state index in [1.807, 2.05) is 0 Å². The maximum atomic E-state index is 12.8. The van der Waals surface area contributed by atoms with Gasteiger partial charge in [-0.1, -0.05) is 0 Å². The Labute approximate surface area is 168 Å². The van der Waals surface area contributed by atoms with Gasteiger partial charge in [0.15, 0.2) is 0 Å². The van der Waals surface area contributed by atoms with Crippen molar-refractivity contribution < 1.29 is 39.0 Å². The number of rotatable bonds is 6. The molecule has 0 radical (unpaired) electrons. The van der Waals surface area contributed by atoms with E-state index in [9.17, 15) is 28.8 Å². The zero-order chi connectivity index (χ0) is 21.7. The predicted octanol–water partition coefficient (Wildman–Crippen LogP) is 0.981.